The molecule has 0 aliphatic heterocycles. The fourth-order valence-corrected chi connectivity index (χ4v) is 1.25. The highest BCUT2D eigenvalue weighted by molar-refractivity contribution is 6.64. The Labute approximate surface area is 103 Å². The maximum Gasteiger partial charge on any atom is 0.274 e. The zero-order valence-corrected chi connectivity index (χ0v) is 9.78. The molecule has 17 heavy (non-hydrogen) atoms. The highest BCUT2D eigenvalue weighted by Gasteiger charge is 2.14. The van der Waals surface area contributed by atoms with Crippen LogP contribution in [-0.2, 0) is 9.59 Å². The van der Waals surface area contributed by atoms with Crippen molar-refractivity contribution >= 4 is 34.8 Å². The third-order valence-corrected chi connectivity index (χ3v) is 2.43. The summed E-state index contributed by atoms with van der Waals surface area (Å²) in [5.41, 5.74) is 13.1. The molecule has 0 bridgehead atoms. The molecule has 1 rings (SSSR count). The number of amides is 2. The predicted octanol–water partition coefficient (Wildman–Crippen LogP) is 0.387. The molecule has 0 atom stereocenters. The van der Waals surface area contributed by atoms with Crippen LogP contribution in [-0.4, -0.2) is 17.5 Å². The van der Waals surface area contributed by atoms with E-state index in [4.69, 9.17) is 23.1 Å². The lowest BCUT2D eigenvalue weighted by molar-refractivity contribution is -0.115. The third-order valence-electron chi connectivity index (χ3n) is 2.02. The largest absolute Gasteiger partial charge is 0.364 e. The molecule has 0 fully saturated rings. The van der Waals surface area contributed by atoms with Crippen molar-refractivity contribution in [3.05, 3.63) is 28.8 Å². The van der Waals surface area contributed by atoms with Gasteiger partial charge in [0.05, 0.1) is 5.69 Å². The normalized spacial score (nSPS) is 9.53. The van der Waals surface area contributed by atoms with Gasteiger partial charge in [0, 0.05) is 5.02 Å². The lowest BCUT2D eigenvalue weighted by atomic mass is 10.2. The average Bonchev–Trinajstić information content (AvgIpc) is 2.23. The molecular weight excluding hydrogens is 244 g/mol. The summed E-state index contributed by atoms with van der Waals surface area (Å²) in [4.78, 5) is 21.7. The highest BCUT2D eigenvalue weighted by Crippen LogP contribution is 2.22. The molecule has 6 nitrogen and oxygen atoms in total. The van der Waals surface area contributed by atoms with E-state index in [0.29, 0.717) is 10.7 Å². The molecule has 7 heteroatoms. The van der Waals surface area contributed by atoms with Crippen LogP contribution in [0.25, 0.3) is 0 Å². The van der Waals surface area contributed by atoms with Crippen molar-refractivity contribution < 1.29 is 9.59 Å². The van der Waals surface area contributed by atoms with E-state index in [9.17, 15) is 9.59 Å². The van der Waals surface area contributed by atoms with E-state index in [2.05, 4.69) is 10.5 Å². The lowest BCUT2D eigenvalue weighted by Crippen LogP contribution is -2.36. The van der Waals surface area contributed by atoms with Crippen LogP contribution in [0.3, 0.4) is 0 Å². The molecule has 0 aromatic heterocycles. The van der Waals surface area contributed by atoms with Crippen LogP contribution in [0, 0.1) is 6.92 Å². The average molecular weight is 255 g/mol. The molecule has 90 valence electrons. The Morgan fingerprint density at radius 2 is 1.88 bits per heavy atom. The van der Waals surface area contributed by atoms with Gasteiger partial charge in [0.15, 0.2) is 0 Å². The van der Waals surface area contributed by atoms with Gasteiger partial charge in [-0.25, -0.2) is 0 Å². The maximum absolute atomic E-state index is 10.8. The van der Waals surface area contributed by atoms with E-state index in [1.807, 2.05) is 0 Å². The lowest BCUT2D eigenvalue weighted by Gasteiger charge is -2.06. The number of benzene rings is 1. The van der Waals surface area contributed by atoms with E-state index in [0.717, 1.165) is 5.56 Å². The molecule has 0 heterocycles. The second kappa shape index (κ2) is 5.31. The van der Waals surface area contributed by atoms with Gasteiger partial charge in [-0.15, -0.1) is 0 Å². The van der Waals surface area contributed by atoms with Gasteiger partial charge in [0.25, 0.3) is 11.8 Å². The van der Waals surface area contributed by atoms with Crippen LogP contribution in [0.5, 0.6) is 0 Å². The monoisotopic (exact) mass is 254 g/mol. The van der Waals surface area contributed by atoms with Crippen LogP contribution in [0.1, 0.15) is 5.56 Å². The molecule has 0 spiro atoms. The van der Waals surface area contributed by atoms with Gasteiger partial charge in [-0.2, -0.15) is 5.10 Å². The van der Waals surface area contributed by atoms with Crippen molar-refractivity contribution in [3.63, 3.8) is 0 Å². The molecule has 0 radical (unpaired) electrons. The van der Waals surface area contributed by atoms with Gasteiger partial charge in [-0.1, -0.05) is 17.7 Å². The summed E-state index contributed by atoms with van der Waals surface area (Å²) in [5.74, 6) is -1.99. The smallest absolute Gasteiger partial charge is 0.274 e. The van der Waals surface area contributed by atoms with Gasteiger partial charge in [0.2, 0.25) is 5.71 Å². The Hall–Kier alpha value is -2.08. The van der Waals surface area contributed by atoms with Gasteiger partial charge in [0.1, 0.15) is 0 Å². The summed E-state index contributed by atoms with van der Waals surface area (Å²) < 4.78 is 0. The minimum absolute atomic E-state index is 0.532. The molecule has 0 saturated heterocycles. The van der Waals surface area contributed by atoms with Crippen LogP contribution < -0.4 is 16.9 Å². The van der Waals surface area contributed by atoms with Gasteiger partial charge in [-0.3, -0.25) is 15.0 Å². The van der Waals surface area contributed by atoms with Crippen molar-refractivity contribution in [2.75, 3.05) is 5.43 Å². The first kappa shape index (κ1) is 13.0. The summed E-state index contributed by atoms with van der Waals surface area (Å²) in [6.07, 6.45) is 0. The number of hydrazone groups is 1. The number of primary amides is 2. The van der Waals surface area contributed by atoms with E-state index in [1.165, 1.54) is 0 Å². The standard InChI is InChI=1S/C10H11ClN4O2/c1-5-6(11)3-2-4-7(5)14-15-8(9(12)16)10(13)17/h2-4,14H,1H3,(H2,12,16)(H2,13,17). The summed E-state index contributed by atoms with van der Waals surface area (Å²) in [5, 5.41) is 4.09. The summed E-state index contributed by atoms with van der Waals surface area (Å²) in [6.45, 7) is 1.76. The zero-order valence-electron chi connectivity index (χ0n) is 9.03. The van der Waals surface area contributed by atoms with E-state index in [1.54, 1.807) is 25.1 Å². The second-order valence-electron chi connectivity index (χ2n) is 3.21. The highest BCUT2D eigenvalue weighted by atomic mass is 35.5. The van der Waals surface area contributed by atoms with Crippen LogP contribution in [0.15, 0.2) is 23.3 Å². The minimum atomic E-state index is -0.996. The Balaban J connectivity index is 2.99. The van der Waals surface area contributed by atoms with E-state index >= 15 is 0 Å². The van der Waals surface area contributed by atoms with Crippen LogP contribution in [0.2, 0.25) is 5.02 Å². The maximum atomic E-state index is 10.8. The van der Waals surface area contributed by atoms with E-state index in [-0.39, 0.29) is 0 Å². The number of carbonyl (C=O) groups excluding carboxylic acids is 2. The first-order chi connectivity index (χ1) is 7.93. The molecule has 0 aliphatic carbocycles. The topological polar surface area (TPSA) is 111 Å². The molecule has 0 aliphatic rings. The van der Waals surface area contributed by atoms with Crippen molar-refractivity contribution in [1.82, 2.24) is 0 Å². The second-order valence-corrected chi connectivity index (χ2v) is 3.62. The van der Waals surface area contributed by atoms with Crippen LogP contribution >= 0.6 is 11.6 Å². The first-order valence-electron chi connectivity index (χ1n) is 4.62. The Bertz CT molecular complexity index is 483. The minimum Gasteiger partial charge on any atom is -0.364 e. The number of carbonyl (C=O) groups is 2. The fraction of sp³-hybridized carbons (Fsp3) is 0.100. The van der Waals surface area contributed by atoms with Crippen molar-refractivity contribution in [2.24, 2.45) is 16.6 Å². The Kier molecular flexibility index (Phi) is 4.06. The SMILES string of the molecule is Cc1c(Cl)cccc1NN=C(C(N)=O)C(N)=O. The third kappa shape index (κ3) is 3.18. The molecule has 2 amide bonds. The zero-order chi connectivity index (χ0) is 13.0. The molecule has 1 aromatic rings. The molecule has 5 N–H and O–H groups in total. The summed E-state index contributed by atoms with van der Waals surface area (Å²) in [6, 6.07) is 5.08. The predicted molar refractivity (Wildman–Crippen MR) is 65.6 cm³/mol. The number of rotatable bonds is 4. The number of halogens is 1. The van der Waals surface area contributed by atoms with Crippen LogP contribution in [0.4, 0.5) is 5.69 Å². The number of nitrogens with zero attached hydrogens (tertiary/aromatic N) is 1. The Morgan fingerprint density at radius 3 is 2.41 bits per heavy atom. The number of nitrogens with two attached hydrogens (primary N) is 2. The number of hydrogen-bond donors (Lipinski definition) is 3. The van der Waals surface area contributed by atoms with Gasteiger partial charge < -0.3 is 11.5 Å². The summed E-state index contributed by atoms with van der Waals surface area (Å²) >= 11 is 5.88. The molecule has 1 aromatic carbocycles. The first-order valence-corrected chi connectivity index (χ1v) is 4.99. The Morgan fingerprint density at radius 1 is 1.29 bits per heavy atom. The van der Waals surface area contributed by atoms with Crippen molar-refractivity contribution in [1.29, 1.82) is 0 Å². The molecule has 0 unspecified atom stereocenters. The fourth-order valence-electron chi connectivity index (χ4n) is 1.08. The number of nitrogens with one attached hydrogen (secondary N) is 1. The van der Waals surface area contributed by atoms with E-state index < -0.39 is 17.5 Å². The number of anilines is 1. The molecule has 0 saturated carbocycles. The molecular formula is C10H11ClN4O2. The summed E-state index contributed by atoms with van der Waals surface area (Å²) in [7, 11) is 0. The quantitative estimate of drug-likeness (QED) is 0.410. The van der Waals surface area contributed by atoms with Gasteiger partial charge >= 0.3 is 0 Å². The number of hydrogen-bond acceptors (Lipinski definition) is 4. The van der Waals surface area contributed by atoms with Crippen molar-refractivity contribution in [3.8, 4) is 0 Å². The van der Waals surface area contributed by atoms with Crippen molar-refractivity contribution in [2.45, 2.75) is 6.92 Å². The van der Waals surface area contributed by atoms with Gasteiger partial charge in [-0.05, 0) is 24.6 Å².